The van der Waals surface area contributed by atoms with E-state index in [1.54, 1.807) is 54.5 Å². The van der Waals surface area contributed by atoms with E-state index in [9.17, 15) is 22.8 Å². The van der Waals surface area contributed by atoms with Crippen LogP contribution in [0.4, 0.5) is 24.8 Å². The predicted molar refractivity (Wildman–Crippen MR) is 144 cm³/mol. The lowest BCUT2D eigenvalue weighted by Gasteiger charge is -2.17. The second kappa shape index (κ2) is 9.49. The number of hydrogen-bond donors (Lipinski definition) is 1. The van der Waals surface area contributed by atoms with Crippen molar-refractivity contribution in [2.45, 2.75) is 13.5 Å². The van der Waals surface area contributed by atoms with E-state index in [0.717, 1.165) is 37.7 Å². The molecule has 0 aliphatic rings. The van der Waals surface area contributed by atoms with E-state index < -0.39 is 35.4 Å². The Hall–Kier alpha value is -5.26. The quantitative estimate of drug-likeness (QED) is 0.325. The highest BCUT2D eigenvalue weighted by Gasteiger charge is 2.20. The maximum atomic E-state index is 14.1. The Balaban J connectivity index is 1.57. The minimum absolute atomic E-state index is 0.0518. The van der Waals surface area contributed by atoms with Crippen LogP contribution >= 0.6 is 0 Å². The van der Waals surface area contributed by atoms with E-state index in [-0.39, 0.29) is 17.2 Å². The predicted octanol–water partition coefficient (Wildman–Crippen LogP) is 4.35. The highest BCUT2D eigenvalue weighted by molar-refractivity contribution is 5.89. The molecular formula is C28H20F3N7O2. The lowest BCUT2D eigenvalue weighted by molar-refractivity contribution is 0.444. The van der Waals surface area contributed by atoms with E-state index in [1.165, 1.54) is 6.20 Å². The number of pyridine rings is 1. The average Bonchev–Trinajstić information content (AvgIpc) is 3.28. The molecule has 0 unspecified atom stereocenters. The van der Waals surface area contributed by atoms with Gasteiger partial charge in [0.1, 0.15) is 0 Å². The first kappa shape index (κ1) is 25.0. The first-order valence-corrected chi connectivity index (χ1v) is 12.1. The molecule has 3 heterocycles. The van der Waals surface area contributed by atoms with Crippen LogP contribution in [0.1, 0.15) is 11.1 Å². The Morgan fingerprint density at radius 2 is 1.70 bits per heavy atom. The number of benzene rings is 3. The summed E-state index contributed by atoms with van der Waals surface area (Å²) in [6.45, 7) is 1.39. The van der Waals surface area contributed by atoms with Crippen LogP contribution < -0.4 is 16.7 Å². The monoisotopic (exact) mass is 543 g/mol. The molecule has 200 valence electrons. The second-order valence-electron chi connectivity index (χ2n) is 9.33. The molecule has 0 radical (unpaired) electrons. The molecule has 12 heteroatoms. The highest BCUT2D eigenvalue weighted by atomic mass is 19.2. The van der Waals surface area contributed by atoms with Crippen molar-refractivity contribution in [1.82, 2.24) is 28.9 Å². The molecule has 3 aromatic carbocycles. The number of fused-ring (bicyclic) bond motifs is 2. The van der Waals surface area contributed by atoms with Crippen LogP contribution in [0.5, 0.6) is 0 Å². The number of anilines is 2. The summed E-state index contributed by atoms with van der Waals surface area (Å²) in [7, 11) is 1.78. The van der Waals surface area contributed by atoms with Gasteiger partial charge in [0, 0.05) is 41.3 Å². The molecule has 0 saturated carbocycles. The highest BCUT2D eigenvalue weighted by Crippen LogP contribution is 2.26. The Morgan fingerprint density at radius 3 is 2.48 bits per heavy atom. The molecule has 1 N–H and O–H groups in total. The summed E-state index contributed by atoms with van der Waals surface area (Å²) in [4.78, 5) is 35.6. The Morgan fingerprint density at radius 1 is 0.950 bits per heavy atom. The number of rotatable bonds is 5. The maximum absolute atomic E-state index is 14.1. The molecule has 6 aromatic rings. The van der Waals surface area contributed by atoms with Crippen molar-refractivity contribution in [2.75, 3.05) is 5.32 Å². The van der Waals surface area contributed by atoms with Crippen molar-refractivity contribution < 1.29 is 13.2 Å². The van der Waals surface area contributed by atoms with E-state index in [4.69, 9.17) is 0 Å². The molecule has 0 bridgehead atoms. The summed E-state index contributed by atoms with van der Waals surface area (Å²) in [5.74, 6) is -4.61. The van der Waals surface area contributed by atoms with Crippen molar-refractivity contribution in [3.05, 3.63) is 117 Å². The molecule has 0 aliphatic heterocycles. The molecule has 9 nitrogen and oxygen atoms in total. The zero-order chi connectivity index (χ0) is 28.1. The van der Waals surface area contributed by atoms with Crippen molar-refractivity contribution in [3.63, 3.8) is 0 Å². The Bertz CT molecular complexity index is 2050. The van der Waals surface area contributed by atoms with E-state index in [1.807, 2.05) is 13.0 Å². The number of aryl methyl sites for hydroxylation is 2. The van der Waals surface area contributed by atoms with E-state index in [2.05, 4.69) is 20.4 Å². The Labute approximate surface area is 223 Å². The van der Waals surface area contributed by atoms with Gasteiger partial charge >= 0.3 is 11.4 Å². The number of aromatic nitrogens is 6. The summed E-state index contributed by atoms with van der Waals surface area (Å²) in [6.07, 6.45) is 4.76. The van der Waals surface area contributed by atoms with Gasteiger partial charge in [-0.1, -0.05) is 24.3 Å². The van der Waals surface area contributed by atoms with Crippen LogP contribution in [0.2, 0.25) is 0 Å². The molecule has 0 amide bonds. The molecule has 40 heavy (non-hydrogen) atoms. The molecule has 0 spiro atoms. The number of hydrogen-bond acceptors (Lipinski definition) is 6. The van der Waals surface area contributed by atoms with Gasteiger partial charge in [0.15, 0.2) is 17.5 Å². The largest absolute Gasteiger partial charge is 0.359 e. The molecule has 0 fully saturated rings. The summed E-state index contributed by atoms with van der Waals surface area (Å²) in [5.41, 5.74) is 0.417. The molecule has 0 saturated heterocycles. The van der Waals surface area contributed by atoms with Crippen molar-refractivity contribution in [2.24, 2.45) is 7.05 Å². The third-order valence-corrected chi connectivity index (χ3v) is 6.55. The van der Waals surface area contributed by atoms with Gasteiger partial charge in [0.05, 0.1) is 23.9 Å². The topological polar surface area (TPSA) is 99.6 Å². The minimum Gasteiger partial charge on any atom is -0.325 e. The third-order valence-electron chi connectivity index (χ3n) is 6.55. The van der Waals surface area contributed by atoms with Gasteiger partial charge in [-0.2, -0.15) is 10.1 Å². The van der Waals surface area contributed by atoms with Gasteiger partial charge in [-0.25, -0.2) is 27.3 Å². The lowest BCUT2D eigenvalue weighted by atomic mass is 10.1. The summed E-state index contributed by atoms with van der Waals surface area (Å²) < 4.78 is 45.3. The van der Waals surface area contributed by atoms with E-state index in [0.29, 0.717) is 16.5 Å². The maximum Gasteiger partial charge on any atom is 0.359 e. The van der Waals surface area contributed by atoms with Gasteiger partial charge in [-0.05, 0) is 42.3 Å². The zero-order valence-electron chi connectivity index (χ0n) is 21.2. The van der Waals surface area contributed by atoms with Gasteiger partial charge in [-0.3, -0.25) is 14.2 Å². The fourth-order valence-corrected chi connectivity index (χ4v) is 4.65. The molecule has 3 aromatic heterocycles. The smallest absolute Gasteiger partial charge is 0.325 e. The number of nitrogens with zero attached hydrogens (tertiary/aromatic N) is 6. The lowest BCUT2D eigenvalue weighted by Crippen LogP contribution is -2.42. The normalized spacial score (nSPS) is 11.4. The van der Waals surface area contributed by atoms with Crippen LogP contribution in [-0.4, -0.2) is 28.9 Å². The van der Waals surface area contributed by atoms with Crippen LogP contribution in [-0.2, 0) is 13.6 Å². The van der Waals surface area contributed by atoms with Gasteiger partial charge in [0.25, 0.3) is 0 Å². The summed E-state index contributed by atoms with van der Waals surface area (Å²) in [5, 5.41) is 9.45. The molecular weight excluding hydrogens is 523 g/mol. The Kier molecular flexibility index (Phi) is 5.94. The standard InChI is InChI=1S/C28H20F3N7O2/c1-15-7-23-18(14-36(2)35-23)10-22(15)33-26-34-27(39)38(24-12-32-11-17-5-3-4-6-19(17)24)28(40)37(26)13-16-8-20(29)25(31)21(30)9-16/h3-12,14H,13H2,1-2H3,(H,33,34,39). The first-order chi connectivity index (χ1) is 19.2. The number of nitrogens with one attached hydrogen (secondary N) is 1. The minimum atomic E-state index is -1.63. The van der Waals surface area contributed by atoms with Gasteiger partial charge < -0.3 is 5.32 Å². The van der Waals surface area contributed by atoms with Crippen LogP contribution in [0, 0.1) is 24.4 Å². The molecule has 0 atom stereocenters. The fourth-order valence-electron chi connectivity index (χ4n) is 4.65. The van der Waals surface area contributed by atoms with Gasteiger partial charge in [0.2, 0.25) is 5.95 Å². The SMILES string of the molecule is Cc1cc2nn(C)cc2cc1Nc1nc(=O)n(-c2cncc3ccccc23)c(=O)n1Cc1cc(F)c(F)c(F)c1. The third kappa shape index (κ3) is 4.28. The average molecular weight is 544 g/mol. The number of halogens is 3. The van der Waals surface area contributed by atoms with Crippen LogP contribution in [0.3, 0.4) is 0 Å². The second-order valence-corrected chi connectivity index (χ2v) is 9.33. The molecule has 0 aliphatic carbocycles. The van der Waals surface area contributed by atoms with Crippen molar-refractivity contribution in [1.29, 1.82) is 0 Å². The summed E-state index contributed by atoms with van der Waals surface area (Å²) >= 11 is 0. The summed E-state index contributed by atoms with van der Waals surface area (Å²) in [6, 6.07) is 12.2. The zero-order valence-corrected chi connectivity index (χ0v) is 21.2. The van der Waals surface area contributed by atoms with Crippen molar-refractivity contribution >= 4 is 33.3 Å². The molecule has 6 rings (SSSR count). The van der Waals surface area contributed by atoms with Crippen LogP contribution in [0.15, 0.2) is 76.7 Å². The van der Waals surface area contributed by atoms with Gasteiger partial charge in [-0.15, -0.1) is 0 Å². The van der Waals surface area contributed by atoms with Crippen molar-refractivity contribution in [3.8, 4) is 5.69 Å². The first-order valence-electron chi connectivity index (χ1n) is 12.1. The fraction of sp³-hybridized carbons (Fsp3) is 0.107. The van der Waals surface area contributed by atoms with Crippen LogP contribution in [0.25, 0.3) is 27.4 Å². The van der Waals surface area contributed by atoms with E-state index >= 15 is 0 Å².